The van der Waals surface area contributed by atoms with Gasteiger partial charge >= 0.3 is 13.2 Å². The highest BCUT2D eigenvalue weighted by molar-refractivity contribution is 6.43. The second kappa shape index (κ2) is 10.6. The van der Waals surface area contributed by atoms with Gasteiger partial charge in [0.2, 0.25) is 0 Å². The van der Waals surface area contributed by atoms with Crippen LogP contribution in [0.25, 0.3) is 0 Å². The number of alkyl carbamates (subject to hydrolysis) is 1. The van der Waals surface area contributed by atoms with Crippen LogP contribution in [-0.2, 0) is 16.0 Å². The number of carbonyl (C=O) groups is 2. The fourth-order valence-corrected chi connectivity index (χ4v) is 3.13. The lowest BCUT2D eigenvalue weighted by Crippen LogP contribution is -2.50. The van der Waals surface area contributed by atoms with Crippen molar-refractivity contribution in [2.45, 2.75) is 37.7 Å². The molecule has 1 aliphatic heterocycles. The molecule has 1 fully saturated rings. The van der Waals surface area contributed by atoms with Crippen LogP contribution in [0.2, 0.25) is 0 Å². The number of hydrogen-bond acceptors (Lipinski definition) is 6. The first-order valence-electron chi connectivity index (χ1n) is 9.25. The summed E-state index contributed by atoms with van der Waals surface area (Å²) in [6.45, 7) is 3.78. The zero-order chi connectivity index (χ0) is 21.4. The fraction of sp³-hybridized carbons (Fsp3) is 0.421. The van der Waals surface area contributed by atoms with Crippen molar-refractivity contribution in [3.63, 3.8) is 0 Å². The molecule has 1 aromatic rings. The summed E-state index contributed by atoms with van der Waals surface area (Å²) in [6, 6.07) is 6.76. The van der Waals surface area contributed by atoms with Crippen molar-refractivity contribution in [3.05, 3.63) is 47.8 Å². The van der Waals surface area contributed by atoms with Gasteiger partial charge < -0.3 is 25.0 Å². The van der Waals surface area contributed by atoms with Crippen molar-refractivity contribution in [2.24, 2.45) is 0 Å². The number of carbonyl (C=O) groups excluding carboxylic acids is 2. The second-order valence-corrected chi connectivity index (χ2v) is 6.83. The molecule has 0 spiro atoms. The summed E-state index contributed by atoms with van der Waals surface area (Å²) in [5.41, 5.74) is 0.424. The summed E-state index contributed by atoms with van der Waals surface area (Å²) in [7, 11) is -1.85. The quantitative estimate of drug-likeness (QED) is 0.354. The summed E-state index contributed by atoms with van der Waals surface area (Å²) >= 11 is 0. The molecule has 1 aromatic carbocycles. The predicted molar refractivity (Wildman–Crippen MR) is 103 cm³/mol. The first-order chi connectivity index (χ1) is 13.8. The second-order valence-electron chi connectivity index (χ2n) is 6.83. The number of piperidine rings is 1. The van der Waals surface area contributed by atoms with Crippen LogP contribution in [0, 0.1) is 17.1 Å². The predicted octanol–water partition coefficient (Wildman–Crippen LogP) is 0.936. The van der Waals surface area contributed by atoms with E-state index >= 15 is 0 Å². The third-order valence-electron chi connectivity index (χ3n) is 4.72. The number of amides is 2. The molecule has 0 aliphatic carbocycles. The van der Waals surface area contributed by atoms with Gasteiger partial charge in [0.05, 0.1) is 12.0 Å². The normalized spacial score (nSPS) is 17.0. The van der Waals surface area contributed by atoms with Crippen molar-refractivity contribution in [1.82, 2.24) is 10.2 Å². The van der Waals surface area contributed by atoms with Gasteiger partial charge in [-0.15, -0.1) is 0 Å². The molecular weight excluding hydrogens is 380 g/mol. The van der Waals surface area contributed by atoms with Crippen LogP contribution in [0.4, 0.5) is 9.18 Å². The first-order valence-corrected chi connectivity index (χ1v) is 9.25. The smallest absolute Gasteiger partial charge is 0.447 e. The van der Waals surface area contributed by atoms with Gasteiger partial charge in [0.15, 0.2) is 0 Å². The topological polar surface area (TPSA) is 123 Å². The zero-order valence-corrected chi connectivity index (χ0v) is 15.9. The third-order valence-corrected chi connectivity index (χ3v) is 4.72. The summed E-state index contributed by atoms with van der Waals surface area (Å²) in [4.78, 5) is 25.8. The number of nitrogens with one attached hydrogen (secondary N) is 1. The lowest BCUT2D eigenvalue weighted by Gasteiger charge is -2.35. The number of likely N-dealkylation sites (tertiary alicyclic amines) is 1. The number of rotatable bonds is 7. The maximum absolute atomic E-state index is 13.0. The molecule has 1 aliphatic rings. The molecule has 0 bridgehead atoms. The van der Waals surface area contributed by atoms with Gasteiger partial charge in [-0.25, -0.2) is 9.18 Å². The molecular formula is C19H23BFN3O5. The Kier molecular flexibility index (Phi) is 8.18. The minimum atomic E-state index is -1.85. The van der Waals surface area contributed by atoms with E-state index in [2.05, 4.69) is 11.9 Å². The Labute approximate surface area is 168 Å². The van der Waals surface area contributed by atoms with E-state index in [4.69, 9.17) is 10.00 Å². The molecule has 154 valence electrons. The van der Waals surface area contributed by atoms with Crippen LogP contribution < -0.4 is 5.32 Å². The van der Waals surface area contributed by atoms with Crippen LogP contribution in [0.1, 0.15) is 24.8 Å². The molecule has 2 amide bonds. The van der Waals surface area contributed by atoms with Crippen molar-refractivity contribution in [3.8, 4) is 6.07 Å². The van der Waals surface area contributed by atoms with E-state index in [9.17, 15) is 24.0 Å². The Morgan fingerprint density at radius 1 is 1.38 bits per heavy atom. The maximum atomic E-state index is 13.0. The average molecular weight is 403 g/mol. The number of benzene rings is 1. The number of hydrogen-bond donors (Lipinski definition) is 3. The summed E-state index contributed by atoms with van der Waals surface area (Å²) in [5.74, 6) is -1.97. The zero-order valence-electron chi connectivity index (χ0n) is 15.9. The summed E-state index contributed by atoms with van der Waals surface area (Å²) in [5, 5.41) is 30.3. The molecule has 2 atom stereocenters. The van der Waals surface area contributed by atoms with Crippen molar-refractivity contribution < 1.29 is 28.8 Å². The molecule has 0 unspecified atom stereocenters. The largest absolute Gasteiger partial charge is 0.475 e. The number of nitriles is 1. The Balaban J connectivity index is 1.91. The SMILES string of the molecule is C=C(C#N)C(=O)N1CCCC[C@@H]1COC(=O)N[C@@H](Cc1ccc(F)cc1)B(O)O. The van der Waals surface area contributed by atoms with Crippen LogP contribution in [0.5, 0.6) is 0 Å². The maximum Gasteiger partial charge on any atom is 0.475 e. The molecule has 3 N–H and O–H groups in total. The van der Waals surface area contributed by atoms with Gasteiger partial charge in [-0.05, 0) is 43.4 Å². The molecule has 1 heterocycles. The highest BCUT2D eigenvalue weighted by Gasteiger charge is 2.30. The Hall–Kier alpha value is -2.90. The number of nitrogens with zero attached hydrogens (tertiary/aromatic N) is 2. The summed E-state index contributed by atoms with van der Waals surface area (Å²) in [6.07, 6.45) is 1.43. The van der Waals surface area contributed by atoms with Crippen molar-refractivity contribution in [2.75, 3.05) is 13.2 Å². The molecule has 0 saturated carbocycles. The number of ether oxygens (including phenoxy) is 1. The van der Waals surface area contributed by atoms with E-state index < -0.39 is 30.9 Å². The van der Waals surface area contributed by atoms with E-state index in [1.165, 1.54) is 29.2 Å². The molecule has 8 nitrogen and oxygen atoms in total. The molecule has 0 aromatic heterocycles. The van der Waals surface area contributed by atoms with Gasteiger partial charge in [0, 0.05) is 6.54 Å². The Morgan fingerprint density at radius 2 is 2.07 bits per heavy atom. The van der Waals surface area contributed by atoms with Crippen LogP contribution in [0.3, 0.4) is 0 Å². The van der Waals surface area contributed by atoms with Crippen molar-refractivity contribution >= 4 is 19.1 Å². The first kappa shape index (κ1) is 22.4. The highest BCUT2D eigenvalue weighted by atomic mass is 19.1. The molecule has 2 rings (SSSR count). The third kappa shape index (κ3) is 6.59. The standard InChI is InChI=1S/C19H23BFN3O5/c1-13(11-22)18(25)24-9-3-2-4-16(24)12-29-19(26)23-17(20(27)28)10-14-5-7-15(21)8-6-14/h5-8,16-17,27-28H,1-4,9-10,12H2,(H,23,26)/t16-,17+/m1/s1. The molecule has 10 heteroatoms. The van der Waals surface area contributed by atoms with Crippen LogP contribution in [-0.4, -0.2) is 59.2 Å². The van der Waals surface area contributed by atoms with Crippen LogP contribution in [0.15, 0.2) is 36.4 Å². The molecule has 1 saturated heterocycles. The molecule has 0 radical (unpaired) electrons. The van der Waals surface area contributed by atoms with Gasteiger partial charge in [0.25, 0.3) is 5.91 Å². The monoisotopic (exact) mass is 403 g/mol. The lowest BCUT2D eigenvalue weighted by atomic mass is 9.76. The van der Waals surface area contributed by atoms with Crippen LogP contribution >= 0.6 is 0 Å². The van der Waals surface area contributed by atoms with Gasteiger partial charge in [-0.3, -0.25) is 4.79 Å². The fourth-order valence-electron chi connectivity index (χ4n) is 3.13. The number of halogens is 1. The van der Waals surface area contributed by atoms with Gasteiger partial charge in [0.1, 0.15) is 24.1 Å². The molecule has 29 heavy (non-hydrogen) atoms. The lowest BCUT2D eigenvalue weighted by molar-refractivity contribution is -0.131. The van der Waals surface area contributed by atoms with E-state index in [1.807, 2.05) is 0 Å². The average Bonchev–Trinajstić information content (AvgIpc) is 2.72. The van der Waals surface area contributed by atoms with E-state index in [0.717, 1.165) is 12.8 Å². The Morgan fingerprint density at radius 3 is 2.69 bits per heavy atom. The van der Waals surface area contributed by atoms with Crippen molar-refractivity contribution in [1.29, 1.82) is 5.26 Å². The minimum Gasteiger partial charge on any atom is -0.447 e. The highest BCUT2D eigenvalue weighted by Crippen LogP contribution is 2.19. The minimum absolute atomic E-state index is 0.0586. The Bertz CT molecular complexity index is 781. The summed E-state index contributed by atoms with van der Waals surface area (Å²) < 4.78 is 18.2. The van der Waals surface area contributed by atoms with E-state index in [-0.39, 0.29) is 24.6 Å². The van der Waals surface area contributed by atoms with Gasteiger partial charge in [-0.1, -0.05) is 18.7 Å². The van der Waals surface area contributed by atoms with E-state index in [1.54, 1.807) is 6.07 Å². The van der Waals surface area contributed by atoms with Gasteiger partial charge in [-0.2, -0.15) is 5.26 Å². The van der Waals surface area contributed by atoms with E-state index in [0.29, 0.717) is 18.5 Å².